The Balaban J connectivity index is 0. The van der Waals surface area contributed by atoms with E-state index in [4.69, 9.17) is 4.74 Å². The zero-order chi connectivity index (χ0) is 12.8. The Morgan fingerprint density at radius 1 is 1.06 bits per heavy atom. The quantitative estimate of drug-likeness (QED) is 0.743. The average molecular weight is 232 g/mol. The second-order valence-corrected chi connectivity index (χ2v) is 3.96. The van der Waals surface area contributed by atoms with E-state index in [1.54, 1.807) is 0 Å². The van der Waals surface area contributed by atoms with Gasteiger partial charge in [0.1, 0.15) is 0 Å². The summed E-state index contributed by atoms with van der Waals surface area (Å²) in [5.74, 6) is 0. The number of likely N-dealkylation sites (N-methyl/N-ethyl adjacent to an activating group) is 1. The van der Waals surface area contributed by atoms with Gasteiger partial charge in [-0.2, -0.15) is 0 Å². The summed E-state index contributed by atoms with van der Waals surface area (Å²) in [6, 6.07) is 0. The lowest BCUT2D eigenvalue weighted by molar-refractivity contribution is 0.0354. The van der Waals surface area contributed by atoms with Crippen LogP contribution in [0.15, 0.2) is 0 Å². The number of ether oxygens (including phenoxy) is 1. The summed E-state index contributed by atoms with van der Waals surface area (Å²) in [7, 11) is 4.22. The summed E-state index contributed by atoms with van der Waals surface area (Å²) in [5.41, 5.74) is 0. The lowest BCUT2D eigenvalue weighted by atomic mass is 10.4. The van der Waals surface area contributed by atoms with Crippen LogP contribution in [0.5, 0.6) is 0 Å². The van der Waals surface area contributed by atoms with Gasteiger partial charge >= 0.3 is 0 Å². The molecule has 1 aliphatic rings. The number of hydrogen-bond acceptors (Lipinski definition) is 3. The van der Waals surface area contributed by atoms with Crippen LogP contribution in [0.25, 0.3) is 0 Å². The minimum Gasteiger partial charge on any atom is -0.379 e. The Kier molecular flexibility index (Phi) is 17.0. The van der Waals surface area contributed by atoms with Crippen molar-refractivity contribution in [1.82, 2.24) is 9.80 Å². The number of morpholine rings is 1. The maximum Gasteiger partial charge on any atom is 0.0594 e. The molecule has 100 valence electrons. The Bertz CT molecular complexity index is 113. The van der Waals surface area contributed by atoms with Gasteiger partial charge in [0, 0.05) is 26.2 Å². The van der Waals surface area contributed by atoms with E-state index in [2.05, 4.69) is 37.7 Å². The summed E-state index contributed by atoms with van der Waals surface area (Å²) in [6.07, 6.45) is 1.25. The molecule has 0 atom stereocenters. The molecule has 0 N–H and O–H groups in total. The van der Waals surface area contributed by atoms with Crippen molar-refractivity contribution in [3.63, 3.8) is 0 Å². The van der Waals surface area contributed by atoms with Crippen LogP contribution in [0.3, 0.4) is 0 Å². The highest BCUT2D eigenvalue weighted by atomic mass is 16.5. The van der Waals surface area contributed by atoms with E-state index in [0.29, 0.717) is 0 Å². The third-order valence-corrected chi connectivity index (χ3v) is 1.97. The first-order valence-corrected chi connectivity index (χ1v) is 6.65. The standard InChI is InChI=1S/C8H18N2O.C3H8.C2H6/c1-9(2)3-4-10-5-7-11-8-6-10;1-3-2;1-2/h3-8H2,1-2H3;3H2,1-2H3;1-2H3. The van der Waals surface area contributed by atoms with E-state index in [0.717, 1.165) is 32.8 Å². The highest BCUT2D eigenvalue weighted by molar-refractivity contribution is 4.62. The van der Waals surface area contributed by atoms with Gasteiger partial charge in [-0.05, 0) is 14.1 Å². The van der Waals surface area contributed by atoms with Crippen molar-refractivity contribution >= 4 is 0 Å². The van der Waals surface area contributed by atoms with Gasteiger partial charge < -0.3 is 9.64 Å². The predicted molar refractivity (Wildman–Crippen MR) is 73.1 cm³/mol. The van der Waals surface area contributed by atoms with Crippen LogP contribution in [0.1, 0.15) is 34.1 Å². The van der Waals surface area contributed by atoms with Crippen molar-refractivity contribution in [3.8, 4) is 0 Å². The fourth-order valence-electron chi connectivity index (χ4n) is 1.17. The van der Waals surface area contributed by atoms with Crippen LogP contribution < -0.4 is 0 Å². The van der Waals surface area contributed by atoms with Gasteiger partial charge in [0.05, 0.1) is 13.2 Å². The van der Waals surface area contributed by atoms with Crippen molar-refractivity contribution in [1.29, 1.82) is 0 Å². The van der Waals surface area contributed by atoms with E-state index in [1.807, 2.05) is 13.8 Å². The molecule has 3 heteroatoms. The zero-order valence-electron chi connectivity index (χ0n) is 12.3. The second kappa shape index (κ2) is 14.9. The molecule has 0 amide bonds. The maximum absolute atomic E-state index is 5.25. The van der Waals surface area contributed by atoms with Crippen LogP contribution in [0, 0.1) is 0 Å². The number of rotatable bonds is 3. The monoisotopic (exact) mass is 232 g/mol. The fourth-order valence-corrected chi connectivity index (χ4v) is 1.17. The lowest BCUT2D eigenvalue weighted by Crippen LogP contribution is -2.40. The van der Waals surface area contributed by atoms with Crippen LogP contribution >= 0.6 is 0 Å². The zero-order valence-corrected chi connectivity index (χ0v) is 12.3. The molecule has 1 aliphatic heterocycles. The molecule has 3 nitrogen and oxygen atoms in total. The SMILES string of the molecule is CC.CCC.CN(C)CCN1CCOCC1. The Hall–Kier alpha value is -0.120. The van der Waals surface area contributed by atoms with Crippen molar-refractivity contribution in [2.75, 3.05) is 53.5 Å². The lowest BCUT2D eigenvalue weighted by Gasteiger charge is -2.27. The Morgan fingerprint density at radius 3 is 1.88 bits per heavy atom. The summed E-state index contributed by atoms with van der Waals surface area (Å²) >= 11 is 0. The summed E-state index contributed by atoms with van der Waals surface area (Å²) in [6.45, 7) is 14.6. The van der Waals surface area contributed by atoms with Gasteiger partial charge in [-0.1, -0.05) is 34.1 Å². The Morgan fingerprint density at radius 2 is 1.50 bits per heavy atom. The molecule has 1 heterocycles. The fraction of sp³-hybridized carbons (Fsp3) is 1.00. The van der Waals surface area contributed by atoms with Crippen molar-refractivity contribution in [2.24, 2.45) is 0 Å². The predicted octanol–water partition coefficient (Wildman–Crippen LogP) is 2.32. The summed E-state index contributed by atoms with van der Waals surface area (Å²) in [5, 5.41) is 0. The molecule has 0 aromatic carbocycles. The molecule has 1 fully saturated rings. The van der Waals surface area contributed by atoms with E-state index >= 15 is 0 Å². The molecular formula is C13H32N2O. The van der Waals surface area contributed by atoms with E-state index in [1.165, 1.54) is 13.0 Å². The minimum atomic E-state index is 0.910. The summed E-state index contributed by atoms with van der Waals surface area (Å²) < 4.78 is 5.25. The van der Waals surface area contributed by atoms with Crippen LogP contribution in [-0.2, 0) is 4.74 Å². The summed E-state index contributed by atoms with van der Waals surface area (Å²) in [4.78, 5) is 4.67. The molecule has 0 aliphatic carbocycles. The molecule has 16 heavy (non-hydrogen) atoms. The topological polar surface area (TPSA) is 15.7 Å². The molecule has 0 aromatic heterocycles. The molecule has 0 radical (unpaired) electrons. The minimum absolute atomic E-state index is 0.910. The molecule has 0 unspecified atom stereocenters. The molecule has 0 bridgehead atoms. The van der Waals surface area contributed by atoms with Gasteiger partial charge in [-0.15, -0.1) is 0 Å². The molecule has 1 rings (SSSR count). The van der Waals surface area contributed by atoms with Crippen LogP contribution in [0.4, 0.5) is 0 Å². The van der Waals surface area contributed by atoms with Gasteiger partial charge in [0.25, 0.3) is 0 Å². The largest absolute Gasteiger partial charge is 0.379 e. The van der Waals surface area contributed by atoms with Gasteiger partial charge in [-0.3, -0.25) is 4.90 Å². The molecule has 0 spiro atoms. The van der Waals surface area contributed by atoms with Crippen molar-refractivity contribution in [3.05, 3.63) is 0 Å². The van der Waals surface area contributed by atoms with Crippen molar-refractivity contribution in [2.45, 2.75) is 34.1 Å². The van der Waals surface area contributed by atoms with Crippen LogP contribution in [-0.4, -0.2) is 63.3 Å². The first-order chi connectivity index (χ1) is 7.70. The first kappa shape index (κ1) is 18.3. The van der Waals surface area contributed by atoms with Gasteiger partial charge in [0.15, 0.2) is 0 Å². The molecule has 0 saturated carbocycles. The normalized spacial score (nSPS) is 15.9. The highest BCUT2D eigenvalue weighted by Gasteiger charge is 2.09. The number of hydrogen-bond donors (Lipinski definition) is 0. The van der Waals surface area contributed by atoms with Gasteiger partial charge in [0.2, 0.25) is 0 Å². The second-order valence-electron chi connectivity index (χ2n) is 3.96. The first-order valence-electron chi connectivity index (χ1n) is 6.65. The molecular weight excluding hydrogens is 200 g/mol. The van der Waals surface area contributed by atoms with Gasteiger partial charge in [-0.25, -0.2) is 0 Å². The number of nitrogens with zero attached hydrogens (tertiary/aromatic N) is 2. The van der Waals surface area contributed by atoms with Crippen LogP contribution in [0.2, 0.25) is 0 Å². The van der Waals surface area contributed by atoms with E-state index in [-0.39, 0.29) is 0 Å². The molecule has 0 aromatic rings. The third-order valence-electron chi connectivity index (χ3n) is 1.97. The highest BCUT2D eigenvalue weighted by Crippen LogP contribution is 1.95. The van der Waals surface area contributed by atoms with E-state index in [9.17, 15) is 0 Å². The average Bonchev–Trinajstić information content (AvgIpc) is 2.31. The molecule has 1 saturated heterocycles. The third kappa shape index (κ3) is 13.9. The van der Waals surface area contributed by atoms with E-state index < -0.39 is 0 Å². The maximum atomic E-state index is 5.25. The Labute approximate surface area is 103 Å². The smallest absolute Gasteiger partial charge is 0.0594 e. The van der Waals surface area contributed by atoms with Crippen molar-refractivity contribution < 1.29 is 4.74 Å².